The molecule has 2 aromatic carbocycles. The number of benzene rings is 2. The summed E-state index contributed by atoms with van der Waals surface area (Å²) in [7, 11) is 0. The van der Waals surface area contributed by atoms with Crippen LogP contribution in [-0.2, 0) is 13.0 Å². The van der Waals surface area contributed by atoms with Crippen LogP contribution >= 0.6 is 0 Å². The summed E-state index contributed by atoms with van der Waals surface area (Å²) < 4.78 is 0. The Kier molecular flexibility index (Phi) is 4.74. The first-order valence-corrected chi connectivity index (χ1v) is 6.67. The zero-order valence-electron chi connectivity index (χ0n) is 11.5. The molecule has 0 aliphatic carbocycles. The number of carbonyl (C=O) groups is 1. The van der Waals surface area contributed by atoms with Crippen molar-refractivity contribution >= 4 is 17.4 Å². The molecule has 0 aliphatic rings. The van der Waals surface area contributed by atoms with E-state index in [0.717, 1.165) is 23.4 Å². The Hall–Kier alpha value is -2.33. The van der Waals surface area contributed by atoms with E-state index < -0.39 is 0 Å². The van der Waals surface area contributed by atoms with Gasteiger partial charge in [0.15, 0.2) is 0 Å². The Morgan fingerprint density at radius 3 is 2.10 bits per heavy atom. The molecule has 0 atom stereocenters. The molecule has 4 heteroatoms. The lowest BCUT2D eigenvalue weighted by Gasteiger charge is -2.09. The highest BCUT2D eigenvalue weighted by Crippen LogP contribution is 2.13. The summed E-state index contributed by atoms with van der Waals surface area (Å²) in [5, 5.41) is 5.62. The molecule has 4 nitrogen and oxygen atoms in total. The summed E-state index contributed by atoms with van der Waals surface area (Å²) >= 11 is 0. The molecule has 0 heterocycles. The molecule has 2 rings (SSSR count). The fourth-order valence-electron chi connectivity index (χ4n) is 1.94. The number of anilines is 2. The highest BCUT2D eigenvalue weighted by atomic mass is 16.2. The van der Waals surface area contributed by atoms with E-state index in [1.807, 2.05) is 48.5 Å². The van der Waals surface area contributed by atoms with Crippen molar-refractivity contribution in [1.29, 1.82) is 0 Å². The number of nitrogens with two attached hydrogens (primary N) is 1. The molecule has 0 radical (unpaired) electrons. The summed E-state index contributed by atoms with van der Waals surface area (Å²) in [6.07, 6.45) is 0.940. The minimum absolute atomic E-state index is 0.257. The fourth-order valence-corrected chi connectivity index (χ4v) is 1.94. The standard InChI is InChI=1S/C16H19N3O/c1-2-12-5-3-7-14(9-12)18-16(20)19-15-8-4-6-13(10-15)11-17/h3-10H,2,11,17H2,1H3,(H2,18,19,20). The SMILES string of the molecule is CCc1cccc(NC(=O)Nc2cccc(CN)c2)c1. The minimum Gasteiger partial charge on any atom is -0.326 e. The first kappa shape index (κ1) is 14.1. The Balaban J connectivity index is 2.01. The van der Waals surface area contributed by atoms with Crippen molar-refractivity contribution < 1.29 is 4.79 Å². The third kappa shape index (κ3) is 3.83. The second-order valence-electron chi connectivity index (χ2n) is 4.54. The van der Waals surface area contributed by atoms with Crippen molar-refractivity contribution in [3.05, 3.63) is 59.7 Å². The topological polar surface area (TPSA) is 67.2 Å². The van der Waals surface area contributed by atoms with Gasteiger partial charge in [-0.05, 0) is 41.8 Å². The van der Waals surface area contributed by atoms with Gasteiger partial charge in [0.1, 0.15) is 0 Å². The summed E-state index contributed by atoms with van der Waals surface area (Å²) in [4.78, 5) is 11.9. The molecule has 0 fully saturated rings. The zero-order chi connectivity index (χ0) is 14.4. The zero-order valence-corrected chi connectivity index (χ0v) is 11.5. The number of hydrogen-bond acceptors (Lipinski definition) is 2. The molecule has 0 saturated carbocycles. The van der Waals surface area contributed by atoms with Crippen LogP contribution in [0.4, 0.5) is 16.2 Å². The third-order valence-corrected chi connectivity index (χ3v) is 3.01. The Bertz CT molecular complexity index is 544. The van der Waals surface area contributed by atoms with Crippen LogP contribution in [0, 0.1) is 0 Å². The van der Waals surface area contributed by atoms with E-state index in [1.165, 1.54) is 5.56 Å². The van der Waals surface area contributed by atoms with Crippen LogP contribution < -0.4 is 16.4 Å². The van der Waals surface area contributed by atoms with Gasteiger partial charge in [-0.1, -0.05) is 31.2 Å². The second-order valence-corrected chi connectivity index (χ2v) is 4.54. The first-order chi connectivity index (χ1) is 9.71. The largest absolute Gasteiger partial charge is 0.326 e. The molecule has 0 aliphatic heterocycles. The van der Waals surface area contributed by atoms with Gasteiger partial charge >= 0.3 is 6.03 Å². The average Bonchev–Trinajstić information content (AvgIpc) is 2.47. The maximum Gasteiger partial charge on any atom is 0.323 e. The number of nitrogens with one attached hydrogen (secondary N) is 2. The lowest BCUT2D eigenvalue weighted by Crippen LogP contribution is -2.19. The normalized spacial score (nSPS) is 10.1. The Labute approximate surface area is 119 Å². The Morgan fingerprint density at radius 1 is 1.00 bits per heavy atom. The van der Waals surface area contributed by atoms with Gasteiger partial charge in [0.2, 0.25) is 0 Å². The first-order valence-electron chi connectivity index (χ1n) is 6.67. The van der Waals surface area contributed by atoms with Gasteiger partial charge in [-0.3, -0.25) is 0 Å². The van der Waals surface area contributed by atoms with E-state index in [4.69, 9.17) is 5.73 Å². The minimum atomic E-state index is -0.257. The molecule has 2 amide bonds. The van der Waals surface area contributed by atoms with Crippen molar-refractivity contribution in [2.75, 3.05) is 10.6 Å². The van der Waals surface area contributed by atoms with Crippen molar-refractivity contribution in [1.82, 2.24) is 0 Å². The summed E-state index contributed by atoms with van der Waals surface area (Å²) in [5.74, 6) is 0. The maximum atomic E-state index is 11.9. The van der Waals surface area contributed by atoms with Crippen molar-refractivity contribution in [2.45, 2.75) is 19.9 Å². The van der Waals surface area contributed by atoms with Gasteiger partial charge < -0.3 is 16.4 Å². The monoisotopic (exact) mass is 269 g/mol. The van der Waals surface area contributed by atoms with E-state index in [-0.39, 0.29) is 6.03 Å². The lowest BCUT2D eigenvalue weighted by molar-refractivity contribution is 0.262. The van der Waals surface area contributed by atoms with Gasteiger partial charge in [-0.25, -0.2) is 4.79 Å². The quantitative estimate of drug-likeness (QED) is 0.796. The number of rotatable bonds is 4. The van der Waals surface area contributed by atoms with Crippen LogP contribution in [-0.4, -0.2) is 6.03 Å². The van der Waals surface area contributed by atoms with Crippen LogP contribution in [0.15, 0.2) is 48.5 Å². The van der Waals surface area contributed by atoms with Crippen LogP contribution in [0.5, 0.6) is 0 Å². The van der Waals surface area contributed by atoms with Crippen LogP contribution in [0.2, 0.25) is 0 Å². The fraction of sp³-hybridized carbons (Fsp3) is 0.188. The number of carbonyl (C=O) groups excluding carboxylic acids is 1. The number of hydrogen-bond donors (Lipinski definition) is 3. The highest BCUT2D eigenvalue weighted by Gasteiger charge is 2.03. The molecule has 0 spiro atoms. The molecular formula is C16H19N3O. The van der Waals surface area contributed by atoms with Crippen LogP contribution in [0.25, 0.3) is 0 Å². The predicted molar refractivity (Wildman–Crippen MR) is 82.8 cm³/mol. The molecule has 0 unspecified atom stereocenters. The maximum absolute atomic E-state index is 11.9. The van der Waals surface area contributed by atoms with Gasteiger partial charge in [-0.2, -0.15) is 0 Å². The van der Waals surface area contributed by atoms with E-state index in [9.17, 15) is 4.79 Å². The van der Waals surface area contributed by atoms with Crippen molar-refractivity contribution in [2.24, 2.45) is 5.73 Å². The smallest absolute Gasteiger partial charge is 0.323 e. The van der Waals surface area contributed by atoms with Crippen LogP contribution in [0.3, 0.4) is 0 Å². The summed E-state index contributed by atoms with van der Waals surface area (Å²) in [5.41, 5.74) is 9.27. The highest BCUT2D eigenvalue weighted by molar-refractivity contribution is 5.99. The predicted octanol–water partition coefficient (Wildman–Crippen LogP) is 3.35. The molecule has 2 aromatic rings. The van der Waals surface area contributed by atoms with Gasteiger partial charge in [-0.15, -0.1) is 0 Å². The van der Waals surface area contributed by atoms with Crippen molar-refractivity contribution in [3.63, 3.8) is 0 Å². The number of amides is 2. The second kappa shape index (κ2) is 6.73. The Morgan fingerprint density at radius 2 is 1.55 bits per heavy atom. The molecule has 0 bridgehead atoms. The number of aryl methyl sites for hydroxylation is 1. The van der Waals surface area contributed by atoms with Gasteiger partial charge in [0.25, 0.3) is 0 Å². The lowest BCUT2D eigenvalue weighted by atomic mass is 10.1. The van der Waals surface area contributed by atoms with Gasteiger partial charge in [0, 0.05) is 17.9 Å². The average molecular weight is 269 g/mol. The van der Waals surface area contributed by atoms with Crippen LogP contribution in [0.1, 0.15) is 18.1 Å². The van der Waals surface area contributed by atoms with E-state index in [0.29, 0.717) is 6.54 Å². The van der Waals surface area contributed by atoms with E-state index in [2.05, 4.69) is 17.6 Å². The molecule has 0 aromatic heterocycles. The van der Waals surface area contributed by atoms with E-state index >= 15 is 0 Å². The van der Waals surface area contributed by atoms with Gasteiger partial charge in [0.05, 0.1) is 0 Å². The van der Waals surface area contributed by atoms with E-state index in [1.54, 1.807) is 0 Å². The molecule has 20 heavy (non-hydrogen) atoms. The van der Waals surface area contributed by atoms with Crippen molar-refractivity contribution in [3.8, 4) is 0 Å². The molecule has 104 valence electrons. The molecule has 4 N–H and O–H groups in total. The summed E-state index contributed by atoms with van der Waals surface area (Å²) in [6.45, 7) is 2.53. The summed E-state index contributed by atoms with van der Waals surface area (Å²) in [6, 6.07) is 15.0. The molecular weight excluding hydrogens is 250 g/mol. The number of urea groups is 1. The molecule has 0 saturated heterocycles. The third-order valence-electron chi connectivity index (χ3n) is 3.01.